The van der Waals surface area contributed by atoms with Gasteiger partial charge in [0, 0.05) is 50.1 Å². The van der Waals surface area contributed by atoms with Crippen LogP contribution in [-0.4, -0.2) is 48.9 Å². The van der Waals surface area contributed by atoms with Crippen LogP contribution in [0.1, 0.15) is 58.6 Å². The van der Waals surface area contributed by atoms with Crippen LogP contribution in [-0.2, 0) is 6.54 Å². The number of carbonyl (C=O) groups is 2. The minimum atomic E-state index is -0.332. The molecule has 7 nitrogen and oxygen atoms in total. The Labute approximate surface area is 212 Å². The van der Waals surface area contributed by atoms with Crippen molar-refractivity contribution in [1.29, 1.82) is 0 Å². The first kappa shape index (κ1) is 24.1. The van der Waals surface area contributed by atoms with Gasteiger partial charge in [0.1, 0.15) is 0 Å². The van der Waals surface area contributed by atoms with Gasteiger partial charge in [-0.1, -0.05) is 49.6 Å². The van der Waals surface area contributed by atoms with E-state index >= 15 is 0 Å². The van der Waals surface area contributed by atoms with Crippen LogP contribution in [0.25, 0.3) is 0 Å². The molecule has 2 heterocycles. The normalized spacial score (nSPS) is 17.1. The Hall–Kier alpha value is -3.58. The number of carbonyl (C=O) groups excluding carboxylic acids is 2. The van der Waals surface area contributed by atoms with Crippen molar-refractivity contribution < 1.29 is 14.0 Å². The van der Waals surface area contributed by atoms with E-state index in [1.54, 1.807) is 18.2 Å². The van der Waals surface area contributed by atoms with Gasteiger partial charge in [0.15, 0.2) is 5.76 Å². The highest BCUT2D eigenvalue weighted by atomic mass is 16.3. The Morgan fingerprint density at radius 3 is 2.36 bits per heavy atom. The molecule has 2 N–H and O–H groups in total. The number of furan rings is 1. The van der Waals surface area contributed by atoms with Crippen LogP contribution in [0.4, 0.5) is 11.4 Å². The number of piperazine rings is 1. The third-order valence-corrected chi connectivity index (χ3v) is 7.15. The molecule has 2 aliphatic rings. The van der Waals surface area contributed by atoms with E-state index in [0.717, 1.165) is 64.1 Å². The highest BCUT2D eigenvalue weighted by molar-refractivity contribution is 6.05. The first-order chi connectivity index (χ1) is 17.7. The Balaban J connectivity index is 1.31. The maximum Gasteiger partial charge on any atom is 0.291 e. The lowest BCUT2D eigenvalue weighted by Gasteiger charge is -2.37. The Bertz CT molecular complexity index is 1150. The fraction of sp³-hybridized carbons (Fsp3) is 0.379. The van der Waals surface area contributed by atoms with Crippen LogP contribution in [0.3, 0.4) is 0 Å². The third-order valence-electron chi connectivity index (χ3n) is 7.15. The molecule has 2 amide bonds. The lowest BCUT2D eigenvalue weighted by Crippen LogP contribution is -2.46. The van der Waals surface area contributed by atoms with Crippen molar-refractivity contribution >= 4 is 23.2 Å². The Kier molecular flexibility index (Phi) is 7.67. The van der Waals surface area contributed by atoms with Gasteiger partial charge in [-0.25, -0.2) is 0 Å². The van der Waals surface area contributed by atoms with Crippen molar-refractivity contribution in [2.45, 2.75) is 44.7 Å². The van der Waals surface area contributed by atoms with Crippen molar-refractivity contribution in [2.24, 2.45) is 0 Å². The molecule has 3 aromatic rings. The predicted molar refractivity (Wildman–Crippen MR) is 141 cm³/mol. The summed E-state index contributed by atoms with van der Waals surface area (Å²) in [5.41, 5.74) is 3.42. The van der Waals surface area contributed by atoms with Gasteiger partial charge in [-0.2, -0.15) is 0 Å². The summed E-state index contributed by atoms with van der Waals surface area (Å²) in [6, 6.07) is 19.7. The molecule has 5 rings (SSSR count). The summed E-state index contributed by atoms with van der Waals surface area (Å²) in [4.78, 5) is 30.7. The SMILES string of the molecule is O=C(Nc1ccc(N2CCN(Cc3ccccc3)CC2)c(C(=O)NC2CCCCC2)c1)c1ccco1. The van der Waals surface area contributed by atoms with E-state index in [1.165, 1.54) is 18.2 Å². The lowest BCUT2D eigenvalue weighted by molar-refractivity contribution is 0.0926. The van der Waals surface area contributed by atoms with E-state index in [4.69, 9.17) is 4.42 Å². The molecule has 7 heteroatoms. The summed E-state index contributed by atoms with van der Waals surface area (Å²) < 4.78 is 5.21. The Morgan fingerprint density at radius 2 is 1.64 bits per heavy atom. The molecule has 0 atom stereocenters. The molecule has 0 bridgehead atoms. The molecule has 36 heavy (non-hydrogen) atoms. The van der Waals surface area contributed by atoms with Gasteiger partial charge in [-0.3, -0.25) is 14.5 Å². The zero-order valence-corrected chi connectivity index (χ0v) is 20.6. The summed E-state index contributed by atoms with van der Waals surface area (Å²) in [5, 5.41) is 6.13. The second-order valence-electron chi connectivity index (χ2n) is 9.72. The molecule has 1 saturated carbocycles. The summed E-state index contributed by atoms with van der Waals surface area (Å²) in [7, 11) is 0. The van der Waals surface area contributed by atoms with Crippen LogP contribution in [0.15, 0.2) is 71.3 Å². The van der Waals surface area contributed by atoms with Crippen LogP contribution >= 0.6 is 0 Å². The van der Waals surface area contributed by atoms with Gasteiger partial charge in [0.25, 0.3) is 11.8 Å². The van der Waals surface area contributed by atoms with Crippen molar-refractivity contribution in [3.63, 3.8) is 0 Å². The van der Waals surface area contributed by atoms with E-state index < -0.39 is 0 Å². The average molecular weight is 487 g/mol. The number of rotatable bonds is 7. The fourth-order valence-electron chi connectivity index (χ4n) is 5.17. The van der Waals surface area contributed by atoms with E-state index in [1.807, 2.05) is 18.2 Å². The van der Waals surface area contributed by atoms with Crippen molar-refractivity contribution in [3.05, 3.63) is 83.8 Å². The highest BCUT2D eigenvalue weighted by Gasteiger charge is 2.24. The molecule has 188 valence electrons. The topological polar surface area (TPSA) is 77.8 Å². The van der Waals surface area contributed by atoms with Gasteiger partial charge < -0.3 is 20.0 Å². The molecule has 0 unspecified atom stereocenters. The predicted octanol–water partition coefficient (Wildman–Crippen LogP) is 4.92. The number of benzene rings is 2. The standard InChI is InChI=1S/C29H34N4O3/c34-28(30-23-10-5-2-6-11-23)25-20-24(31-29(35)27-12-7-19-36-27)13-14-26(25)33-17-15-32(16-18-33)21-22-8-3-1-4-9-22/h1,3-4,7-9,12-14,19-20,23H,2,5-6,10-11,15-18,21H2,(H,30,34)(H,31,35). The first-order valence-electron chi connectivity index (χ1n) is 13.0. The molecule has 0 spiro atoms. The number of anilines is 2. The second-order valence-corrected chi connectivity index (χ2v) is 9.72. The largest absolute Gasteiger partial charge is 0.459 e. The maximum atomic E-state index is 13.5. The van der Waals surface area contributed by atoms with Crippen molar-refractivity contribution in [2.75, 3.05) is 36.4 Å². The van der Waals surface area contributed by atoms with Crippen molar-refractivity contribution in [1.82, 2.24) is 10.2 Å². The van der Waals surface area contributed by atoms with E-state index in [0.29, 0.717) is 11.3 Å². The zero-order chi connectivity index (χ0) is 24.7. The number of hydrogen-bond donors (Lipinski definition) is 2. The zero-order valence-electron chi connectivity index (χ0n) is 20.6. The molecule has 0 radical (unpaired) electrons. The van der Waals surface area contributed by atoms with E-state index in [-0.39, 0.29) is 23.6 Å². The quantitative estimate of drug-likeness (QED) is 0.496. The molecular weight excluding hydrogens is 452 g/mol. The van der Waals surface area contributed by atoms with Crippen molar-refractivity contribution in [3.8, 4) is 0 Å². The fourth-order valence-corrected chi connectivity index (χ4v) is 5.17. The molecular formula is C29H34N4O3. The first-order valence-corrected chi connectivity index (χ1v) is 13.0. The van der Waals surface area contributed by atoms with Gasteiger partial charge >= 0.3 is 0 Å². The summed E-state index contributed by atoms with van der Waals surface area (Å²) in [5.74, 6) is -0.166. The monoisotopic (exact) mass is 486 g/mol. The van der Waals surface area contributed by atoms with E-state index in [2.05, 4.69) is 44.7 Å². The molecule has 2 fully saturated rings. The minimum absolute atomic E-state index is 0.0716. The molecule has 2 aromatic carbocycles. The third kappa shape index (κ3) is 5.97. The number of amides is 2. The van der Waals surface area contributed by atoms with Gasteiger partial charge in [0.05, 0.1) is 11.8 Å². The van der Waals surface area contributed by atoms with Crippen LogP contribution in [0, 0.1) is 0 Å². The van der Waals surface area contributed by atoms with Crippen LogP contribution in [0.5, 0.6) is 0 Å². The Morgan fingerprint density at radius 1 is 0.861 bits per heavy atom. The van der Waals surface area contributed by atoms with E-state index in [9.17, 15) is 9.59 Å². The lowest BCUT2D eigenvalue weighted by atomic mass is 9.95. The molecule has 1 saturated heterocycles. The smallest absolute Gasteiger partial charge is 0.291 e. The molecule has 1 aliphatic carbocycles. The molecule has 1 aromatic heterocycles. The minimum Gasteiger partial charge on any atom is -0.459 e. The second kappa shape index (κ2) is 11.4. The van der Waals surface area contributed by atoms with Gasteiger partial charge in [-0.05, 0) is 48.7 Å². The number of nitrogens with zero attached hydrogens (tertiary/aromatic N) is 2. The summed E-state index contributed by atoms with van der Waals surface area (Å²) >= 11 is 0. The highest BCUT2D eigenvalue weighted by Crippen LogP contribution is 2.27. The summed E-state index contributed by atoms with van der Waals surface area (Å²) in [6.07, 6.45) is 7.06. The van der Waals surface area contributed by atoms with Crippen LogP contribution < -0.4 is 15.5 Å². The van der Waals surface area contributed by atoms with Gasteiger partial charge in [-0.15, -0.1) is 0 Å². The summed E-state index contributed by atoms with van der Waals surface area (Å²) in [6.45, 7) is 4.47. The van der Waals surface area contributed by atoms with Gasteiger partial charge in [0.2, 0.25) is 0 Å². The number of nitrogens with one attached hydrogen (secondary N) is 2. The average Bonchev–Trinajstić information content (AvgIpc) is 3.46. The maximum absolute atomic E-state index is 13.5. The number of hydrogen-bond acceptors (Lipinski definition) is 5. The molecule has 1 aliphatic heterocycles. The van der Waals surface area contributed by atoms with Crippen LogP contribution in [0.2, 0.25) is 0 Å².